The van der Waals surface area contributed by atoms with Crippen molar-refractivity contribution >= 4 is 74.9 Å². The Morgan fingerprint density at radius 2 is 1.00 bits per heavy atom. The van der Waals surface area contributed by atoms with Crippen LogP contribution in [0.15, 0.2) is 82.1 Å². The third-order valence-corrected chi connectivity index (χ3v) is 13.5. The van der Waals surface area contributed by atoms with Gasteiger partial charge in [-0.2, -0.15) is 15.3 Å². The Morgan fingerprint density at radius 1 is 0.622 bits per heavy atom. The van der Waals surface area contributed by atoms with E-state index in [2.05, 4.69) is 56.2 Å². The lowest BCUT2D eigenvalue weighted by Crippen LogP contribution is -2.31. The molecular formula is C43H55Cl3N14O11S3. The van der Waals surface area contributed by atoms with Gasteiger partial charge in [-0.05, 0) is 55.9 Å². The molecule has 7 heterocycles. The molecule has 0 radical (unpaired) electrons. The number of carbonyl (C=O) groups is 2. The summed E-state index contributed by atoms with van der Waals surface area (Å²) < 4.78 is 88.5. The first-order valence-electron chi connectivity index (χ1n) is 21.4. The van der Waals surface area contributed by atoms with Crippen LogP contribution in [0.5, 0.6) is 11.8 Å². The molecule has 0 unspecified atom stereocenters. The molecule has 0 fully saturated rings. The highest BCUT2D eigenvalue weighted by molar-refractivity contribution is 8.13. The van der Waals surface area contributed by atoms with Gasteiger partial charge in [-0.15, -0.1) is 10.2 Å². The Labute approximate surface area is 442 Å². The summed E-state index contributed by atoms with van der Waals surface area (Å²) in [6.45, 7) is 18.1. The summed E-state index contributed by atoms with van der Waals surface area (Å²) in [5, 5.41) is 33.7. The van der Waals surface area contributed by atoms with Crippen molar-refractivity contribution in [2.45, 2.75) is 77.0 Å². The molecule has 7 aromatic rings. The monoisotopic (exact) mass is 1140 g/mol. The molecule has 0 aromatic carbocycles. The van der Waals surface area contributed by atoms with Crippen molar-refractivity contribution in [3.8, 4) is 23.4 Å². The van der Waals surface area contributed by atoms with Crippen LogP contribution >= 0.6 is 33.9 Å². The number of aromatic nitrogens is 12. The fraction of sp³-hybridized carbons (Fsp3) is 0.372. The number of carbonyl (C=O) groups excluding carboxylic acids is 1. The highest BCUT2D eigenvalue weighted by Gasteiger charge is 2.25. The summed E-state index contributed by atoms with van der Waals surface area (Å²) >= 11 is 12.0. The lowest BCUT2D eigenvalue weighted by atomic mass is 9.99. The lowest BCUT2D eigenvalue weighted by molar-refractivity contribution is 0.0696. The van der Waals surface area contributed by atoms with Crippen LogP contribution in [0, 0.1) is 31.6 Å². The van der Waals surface area contributed by atoms with Crippen molar-refractivity contribution in [2.75, 3.05) is 13.2 Å². The SMILES string of the molecule is CC(C)(C)COc1ccn(-c2ccc(C(=O)O)c(Cl)n2)n1.Cc1nn(C)cc1S(=O)(=O)Cl.Cc1nn(C)cc1S(=O)(=O)NC(=O)c1ccc(-n2ccc(OCC(C)(C)C)n2)nc1Cl.Cc1nn(C)cc1S(N)(=O)=O. The molecule has 402 valence electrons. The molecule has 0 aliphatic heterocycles. The third kappa shape index (κ3) is 17.6. The number of carboxylic acid groups (broad SMARTS) is 1. The topological polar surface area (TPSA) is 328 Å². The van der Waals surface area contributed by atoms with Crippen molar-refractivity contribution in [3.05, 3.63) is 106 Å². The number of nitrogens with two attached hydrogens (primary N) is 1. The minimum absolute atomic E-state index is 0.0188. The Hall–Kier alpha value is -6.43. The van der Waals surface area contributed by atoms with Gasteiger partial charge in [0, 0.05) is 74.9 Å². The van der Waals surface area contributed by atoms with Crippen LogP contribution in [-0.4, -0.2) is 114 Å². The fourth-order valence-electron chi connectivity index (χ4n) is 5.79. The lowest BCUT2D eigenvalue weighted by Gasteiger charge is -2.17. The molecule has 7 rings (SSSR count). The molecule has 0 bridgehead atoms. The second-order valence-corrected chi connectivity index (χ2v) is 24.8. The van der Waals surface area contributed by atoms with Gasteiger partial charge in [-0.25, -0.2) is 59.2 Å². The minimum Gasteiger partial charge on any atom is -0.478 e. The predicted molar refractivity (Wildman–Crippen MR) is 272 cm³/mol. The molecule has 0 spiro atoms. The van der Waals surface area contributed by atoms with E-state index in [1.54, 1.807) is 59.5 Å². The van der Waals surface area contributed by atoms with Crippen LogP contribution in [0.3, 0.4) is 0 Å². The maximum absolute atomic E-state index is 12.5. The van der Waals surface area contributed by atoms with Crippen molar-refractivity contribution in [1.82, 2.24) is 63.6 Å². The molecule has 0 saturated carbocycles. The summed E-state index contributed by atoms with van der Waals surface area (Å²) in [4.78, 5) is 31.6. The smallest absolute Gasteiger partial charge is 0.338 e. The van der Waals surface area contributed by atoms with Crippen LogP contribution in [0.25, 0.3) is 11.6 Å². The number of aromatic carboxylic acids is 1. The average molecular weight is 1150 g/mol. The van der Waals surface area contributed by atoms with Gasteiger partial charge in [0.25, 0.3) is 25.0 Å². The van der Waals surface area contributed by atoms with Gasteiger partial charge < -0.3 is 14.6 Å². The van der Waals surface area contributed by atoms with E-state index in [1.807, 2.05) is 25.5 Å². The molecule has 7 aromatic heterocycles. The number of nitrogens with one attached hydrogen (secondary N) is 1. The number of ether oxygens (including phenoxy) is 2. The molecule has 0 aliphatic rings. The second kappa shape index (κ2) is 23.8. The van der Waals surface area contributed by atoms with Crippen molar-refractivity contribution < 1.29 is 49.4 Å². The molecule has 0 atom stereocenters. The van der Waals surface area contributed by atoms with Crippen molar-refractivity contribution in [2.24, 2.45) is 37.1 Å². The zero-order valence-corrected chi connectivity index (χ0v) is 46.8. The summed E-state index contributed by atoms with van der Waals surface area (Å²) in [6, 6.07) is 9.21. The van der Waals surface area contributed by atoms with Gasteiger partial charge in [-0.1, -0.05) is 64.7 Å². The number of amides is 1. The Kier molecular flexibility index (Phi) is 19.4. The van der Waals surface area contributed by atoms with Gasteiger partial charge in [0.05, 0.1) is 41.4 Å². The first-order chi connectivity index (χ1) is 33.9. The average Bonchev–Trinajstić information content (AvgIpc) is 4.11. The molecule has 31 heteroatoms. The number of pyridine rings is 2. The Balaban J connectivity index is 0.000000236. The van der Waals surface area contributed by atoms with E-state index in [1.165, 1.54) is 73.2 Å². The van der Waals surface area contributed by atoms with E-state index in [0.29, 0.717) is 48.0 Å². The number of hydrogen-bond donors (Lipinski definition) is 3. The summed E-state index contributed by atoms with van der Waals surface area (Å²) in [7, 11) is -1.38. The maximum atomic E-state index is 12.5. The van der Waals surface area contributed by atoms with Gasteiger partial charge in [-0.3, -0.25) is 18.8 Å². The van der Waals surface area contributed by atoms with Gasteiger partial charge in [0.2, 0.25) is 21.8 Å². The number of carboxylic acids is 1. The van der Waals surface area contributed by atoms with E-state index < -0.39 is 41.0 Å². The number of aryl methyl sites for hydroxylation is 6. The van der Waals surface area contributed by atoms with Crippen LogP contribution in [0.4, 0.5) is 0 Å². The van der Waals surface area contributed by atoms with E-state index in [9.17, 15) is 34.8 Å². The Morgan fingerprint density at radius 3 is 1.30 bits per heavy atom. The van der Waals surface area contributed by atoms with Crippen LogP contribution in [0.2, 0.25) is 10.3 Å². The number of sulfonamides is 2. The molecule has 74 heavy (non-hydrogen) atoms. The molecule has 0 aliphatic carbocycles. The molecular weight excluding hydrogens is 1090 g/mol. The second-order valence-electron chi connectivity index (χ2n) is 18.4. The van der Waals surface area contributed by atoms with E-state index in [0.717, 1.165) is 0 Å². The first-order valence-corrected chi connectivity index (χ1v) is 27.5. The first kappa shape index (κ1) is 60.1. The number of nitrogens with zero attached hydrogens (tertiary/aromatic N) is 12. The standard InChI is InChI=1S/C19H23ClN6O4S.C14H16ClN3O3.C5H7ClN2O2S.C5H9N3O2S/c1-12-14(10-25(5)22-12)31(28,29)24-18(27)13-6-7-15(21-17(13)20)26-9-8-16(23-26)30-11-19(2,3)4;1-14(2,3)8-21-11-6-7-18(17-11)10-5-4-9(13(19)20)12(15)16-10;2*1-4-5(11(6,9)10)3-8(2)7-4/h6-10H,11H2,1-5H3,(H,24,27);4-7H,8H2,1-3H3,(H,19,20);3H,1-2H3;3H,1-2H3,(H2,6,9,10). The predicted octanol–water partition coefficient (Wildman–Crippen LogP) is 5.58. The molecule has 4 N–H and O–H groups in total. The van der Waals surface area contributed by atoms with E-state index >= 15 is 0 Å². The van der Waals surface area contributed by atoms with Crippen molar-refractivity contribution in [3.63, 3.8) is 0 Å². The molecule has 0 saturated heterocycles. The van der Waals surface area contributed by atoms with Gasteiger partial charge >= 0.3 is 5.97 Å². The number of hydrogen-bond acceptors (Lipinski definition) is 17. The normalized spacial score (nSPS) is 11.8. The highest BCUT2D eigenvalue weighted by Crippen LogP contribution is 2.23. The largest absolute Gasteiger partial charge is 0.478 e. The van der Waals surface area contributed by atoms with E-state index in [4.69, 9.17) is 53.6 Å². The number of primary sulfonamides is 1. The summed E-state index contributed by atoms with van der Waals surface area (Å²) in [5.41, 5.74) is 0.996. The maximum Gasteiger partial charge on any atom is 0.338 e. The fourth-order valence-corrected chi connectivity index (χ4v) is 9.32. The third-order valence-electron chi connectivity index (χ3n) is 9.04. The van der Waals surface area contributed by atoms with Crippen LogP contribution < -0.4 is 19.3 Å². The molecule has 1 amide bonds. The Bertz CT molecular complexity index is 3410. The molecule has 25 nitrogen and oxygen atoms in total. The quantitative estimate of drug-likeness (QED) is 0.0992. The minimum atomic E-state index is -4.12. The van der Waals surface area contributed by atoms with Gasteiger partial charge in [0.1, 0.15) is 25.0 Å². The van der Waals surface area contributed by atoms with Crippen LogP contribution in [0.1, 0.15) is 79.3 Å². The zero-order valence-electron chi connectivity index (χ0n) is 42.1. The zero-order chi connectivity index (χ0) is 55.9. The van der Waals surface area contributed by atoms with E-state index in [-0.39, 0.29) is 52.6 Å². The van der Waals surface area contributed by atoms with Crippen molar-refractivity contribution in [1.29, 1.82) is 0 Å². The van der Waals surface area contributed by atoms with Crippen LogP contribution in [-0.2, 0) is 50.2 Å². The summed E-state index contributed by atoms with van der Waals surface area (Å²) in [6.07, 6.45) is 7.39. The summed E-state index contributed by atoms with van der Waals surface area (Å²) in [5.74, 6) is -0.345. The van der Waals surface area contributed by atoms with Gasteiger partial charge in [0.15, 0.2) is 11.6 Å². The number of rotatable bonds is 12. The number of halogens is 3. The highest BCUT2D eigenvalue weighted by atomic mass is 35.7.